The van der Waals surface area contributed by atoms with Gasteiger partial charge in [-0.3, -0.25) is 4.79 Å². The van der Waals surface area contributed by atoms with Crippen molar-refractivity contribution in [2.24, 2.45) is 5.92 Å². The molecule has 132 valence electrons. The van der Waals surface area contributed by atoms with Gasteiger partial charge in [-0.2, -0.15) is 0 Å². The van der Waals surface area contributed by atoms with Crippen LogP contribution in [-0.4, -0.2) is 41.5 Å². The second-order valence-corrected chi connectivity index (χ2v) is 6.28. The van der Waals surface area contributed by atoms with Crippen LogP contribution < -0.4 is 5.32 Å². The van der Waals surface area contributed by atoms with Crippen molar-refractivity contribution in [3.8, 4) is 0 Å². The molecule has 6 heteroatoms. The highest BCUT2D eigenvalue weighted by Crippen LogP contribution is 2.17. The van der Waals surface area contributed by atoms with Crippen molar-refractivity contribution >= 4 is 12.0 Å². The first-order chi connectivity index (χ1) is 12.2. The van der Waals surface area contributed by atoms with Crippen LogP contribution >= 0.6 is 0 Å². The van der Waals surface area contributed by atoms with Crippen LogP contribution in [0.3, 0.4) is 0 Å². The average Bonchev–Trinajstić information content (AvgIpc) is 3.20. The molecule has 0 unspecified atom stereocenters. The Morgan fingerprint density at radius 3 is 2.60 bits per heavy atom. The largest absolute Gasteiger partial charge is 0.445 e. The predicted molar refractivity (Wildman–Crippen MR) is 94.0 cm³/mol. The van der Waals surface area contributed by atoms with E-state index in [-0.39, 0.29) is 12.0 Å². The van der Waals surface area contributed by atoms with Crippen molar-refractivity contribution in [2.45, 2.75) is 19.4 Å². The zero-order valence-corrected chi connectivity index (χ0v) is 14.1. The van der Waals surface area contributed by atoms with Crippen molar-refractivity contribution in [2.75, 3.05) is 19.6 Å². The molecule has 3 rings (SSSR count). The molecule has 0 aliphatic carbocycles. The maximum Gasteiger partial charge on any atom is 0.410 e. The summed E-state index contributed by atoms with van der Waals surface area (Å²) in [7, 11) is 0. The third-order valence-electron chi connectivity index (χ3n) is 4.49. The summed E-state index contributed by atoms with van der Waals surface area (Å²) in [5.41, 5.74) is 1.63. The molecule has 1 aliphatic rings. The highest BCUT2D eigenvalue weighted by atomic mass is 16.6. The Kier molecular flexibility index (Phi) is 5.72. The Hall–Kier alpha value is -2.76. The Balaban J connectivity index is 1.36. The molecule has 1 aromatic carbocycles. The number of amides is 2. The summed E-state index contributed by atoms with van der Waals surface area (Å²) in [6.45, 7) is 2.26. The minimum absolute atomic E-state index is 0.0639. The van der Waals surface area contributed by atoms with E-state index in [9.17, 15) is 9.59 Å². The molecule has 1 aromatic heterocycles. The van der Waals surface area contributed by atoms with Gasteiger partial charge in [0.15, 0.2) is 0 Å². The molecule has 25 heavy (non-hydrogen) atoms. The third-order valence-corrected chi connectivity index (χ3v) is 4.49. The van der Waals surface area contributed by atoms with Gasteiger partial charge in [-0.1, -0.05) is 30.3 Å². The number of hydrogen-bond acceptors (Lipinski definition) is 3. The summed E-state index contributed by atoms with van der Waals surface area (Å²) in [5.74, 6) is 0.326. The highest BCUT2D eigenvalue weighted by molar-refractivity contribution is 5.93. The number of nitrogens with one attached hydrogen (secondary N) is 2. The number of carbonyl (C=O) groups is 2. The first kappa shape index (κ1) is 17.1. The highest BCUT2D eigenvalue weighted by Gasteiger charge is 2.24. The number of benzene rings is 1. The Labute approximate surface area is 147 Å². The first-order valence-corrected chi connectivity index (χ1v) is 8.59. The Morgan fingerprint density at radius 1 is 1.16 bits per heavy atom. The number of nitrogens with zero attached hydrogens (tertiary/aromatic N) is 1. The maximum atomic E-state index is 12.1. The lowest BCUT2D eigenvalue weighted by Gasteiger charge is -2.31. The lowest BCUT2D eigenvalue weighted by Crippen LogP contribution is -2.41. The van der Waals surface area contributed by atoms with Crippen LogP contribution in [0.4, 0.5) is 4.79 Å². The van der Waals surface area contributed by atoms with Gasteiger partial charge in [0.25, 0.3) is 5.91 Å². The predicted octanol–water partition coefficient (Wildman–Crippen LogP) is 2.79. The number of rotatable bonds is 5. The van der Waals surface area contributed by atoms with Crippen molar-refractivity contribution < 1.29 is 14.3 Å². The molecule has 1 aliphatic heterocycles. The molecule has 0 bridgehead atoms. The fraction of sp³-hybridized carbons (Fsp3) is 0.368. The fourth-order valence-corrected chi connectivity index (χ4v) is 2.93. The molecule has 2 amide bonds. The molecular formula is C19H23N3O3. The van der Waals surface area contributed by atoms with Crippen LogP contribution in [0.1, 0.15) is 28.8 Å². The monoisotopic (exact) mass is 341 g/mol. The van der Waals surface area contributed by atoms with Gasteiger partial charge >= 0.3 is 6.09 Å². The van der Waals surface area contributed by atoms with Crippen LogP contribution in [0.5, 0.6) is 0 Å². The van der Waals surface area contributed by atoms with Gasteiger partial charge in [0.05, 0.1) is 5.56 Å². The number of hydrogen-bond donors (Lipinski definition) is 2. The third kappa shape index (κ3) is 4.86. The van der Waals surface area contributed by atoms with Crippen molar-refractivity contribution in [3.63, 3.8) is 0 Å². The van der Waals surface area contributed by atoms with Crippen LogP contribution in [0.25, 0.3) is 0 Å². The minimum atomic E-state index is -0.265. The van der Waals surface area contributed by atoms with Gasteiger partial charge in [-0.15, -0.1) is 0 Å². The van der Waals surface area contributed by atoms with Crippen LogP contribution in [-0.2, 0) is 11.3 Å². The second kappa shape index (κ2) is 8.37. The summed E-state index contributed by atoms with van der Waals surface area (Å²) in [4.78, 5) is 28.7. The Morgan fingerprint density at radius 2 is 1.92 bits per heavy atom. The fourth-order valence-electron chi connectivity index (χ4n) is 2.93. The quantitative estimate of drug-likeness (QED) is 0.878. The van der Waals surface area contributed by atoms with E-state index in [1.807, 2.05) is 30.3 Å². The lowest BCUT2D eigenvalue weighted by atomic mass is 9.97. The zero-order chi connectivity index (χ0) is 17.5. The molecule has 0 saturated carbocycles. The molecule has 0 atom stereocenters. The molecular weight excluding hydrogens is 318 g/mol. The first-order valence-electron chi connectivity index (χ1n) is 8.59. The normalized spacial score (nSPS) is 15.0. The lowest BCUT2D eigenvalue weighted by molar-refractivity contribution is 0.0801. The van der Waals surface area contributed by atoms with Gasteiger partial charge in [-0.05, 0) is 30.4 Å². The maximum absolute atomic E-state index is 12.1. The minimum Gasteiger partial charge on any atom is -0.445 e. The van der Waals surface area contributed by atoms with Crippen LogP contribution in [0, 0.1) is 5.92 Å². The van der Waals surface area contributed by atoms with E-state index in [1.54, 1.807) is 23.4 Å². The summed E-state index contributed by atoms with van der Waals surface area (Å²) >= 11 is 0. The number of carbonyl (C=O) groups excluding carboxylic acids is 2. The number of aromatic nitrogens is 1. The molecule has 6 nitrogen and oxygen atoms in total. The van der Waals surface area contributed by atoms with E-state index in [2.05, 4.69) is 10.3 Å². The van der Waals surface area contributed by atoms with E-state index in [0.717, 1.165) is 18.4 Å². The van der Waals surface area contributed by atoms with Gasteiger partial charge < -0.3 is 19.9 Å². The molecule has 2 aromatic rings. The standard InChI is InChI=1S/C19H23N3O3/c23-18(17-6-9-20-13-17)21-12-15-7-10-22(11-8-15)19(24)25-14-16-4-2-1-3-5-16/h1-6,9,13,15,20H,7-8,10-12,14H2,(H,21,23). The number of aromatic amines is 1. The van der Waals surface area contributed by atoms with E-state index in [0.29, 0.717) is 37.7 Å². The van der Waals surface area contributed by atoms with Crippen molar-refractivity contribution in [3.05, 3.63) is 59.9 Å². The van der Waals surface area contributed by atoms with Gasteiger partial charge in [0.1, 0.15) is 6.61 Å². The second-order valence-electron chi connectivity index (χ2n) is 6.28. The van der Waals surface area contributed by atoms with Crippen molar-refractivity contribution in [1.82, 2.24) is 15.2 Å². The number of likely N-dealkylation sites (tertiary alicyclic amines) is 1. The molecule has 0 spiro atoms. The molecule has 2 N–H and O–H groups in total. The summed E-state index contributed by atoms with van der Waals surface area (Å²) < 4.78 is 5.36. The van der Waals surface area contributed by atoms with Crippen LogP contribution in [0.2, 0.25) is 0 Å². The summed E-state index contributed by atoms with van der Waals surface area (Å²) in [6.07, 6.45) is 4.88. The van der Waals surface area contributed by atoms with Crippen LogP contribution in [0.15, 0.2) is 48.8 Å². The zero-order valence-electron chi connectivity index (χ0n) is 14.1. The smallest absolute Gasteiger partial charge is 0.410 e. The molecule has 1 saturated heterocycles. The van der Waals surface area contributed by atoms with Gasteiger partial charge in [0, 0.05) is 32.0 Å². The van der Waals surface area contributed by atoms with E-state index in [1.165, 1.54) is 0 Å². The summed E-state index contributed by atoms with van der Waals surface area (Å²) in [6, 6.07) is 11.4. The average molecular weight is 341 g/mol. The van der Waals surface area contributed by atoms with E-state index < -0.39 is 0 Å². The molecule has 0 radical (unpaired) electrons. The van der Waals surface area contributed by atoms with Gasteiger partial charge in [-0.25, -0.2) is 4.79 Å². The van der Waals surface area contributed by atoms with E-state index >= 15 is 0 Å². The topological polar surface area (TPSA) is 74.4 Å². The summed E-state index contributed by atoms with van der Waals surface area (Å²) in [5, 5.41) is 2.95. The van der Waals surface area contributed by atoms with E-state index in [4.69, 9.17) is 4.74 Å². The number of piperidine rings is 1. The molecule has 2 heterocycles. The van der Waals surface area contributed by atoms with Gasteiger partial charge in [0.2, 0.25) is 0 Å². The number of ether oxygens (including phenoxy) is 1. The number of H-pyrrole nitrogens is 1. The Bertz CT molecular complexity index is 677. The molecule has 1 fully saturated rings. The van der Waals surface area contributed by atoms with Crippen molar-refractivity contribution in [1.29, 1.82) is 0 Å². The SMILES string of the molecule is O=C(NCC1CCN(C(=O)OCc2ccccc2)CC1)c1cc[nH]c1.